The molecule has 2 atom stereocenters. The summed E-state index contributed by atoms with van der Waals surface area (Å²) >= 11 is 0. The van der Waals surface area contributed by atoms with Crippen LogP contribution in [0.1, 0.15) is 24.5 Å². The fraction of sp³-hybridized carbons (Fsp3) is 0.391. The van der Waals surface area contributed by atoms with E-state index in [9.17, 15) is 19.7 Å². The molecule has 166 valence electrons. The van der Waals surface area contributed by atoms with Crippen LogP contribution in [0.15, 0.2) is 47.4 Å². The largest absolute Gasteiger partial charge is 0.497 e. The van der Waals surface area contributed by atoms with E-state index in [1.54, 1.807) is 17.7 Å². The first-order chi connectivity index (χ1) is 15.4. The third-order valence-electron chi connectivity index (χ3n) is 6.68. The first kappa shape index (κ1) is 20.3. The highest BCUT2D eigenvalue weighted by Gasteiger charge is 2.37. The van der Waals surface area contributed by atoms with Crippen LogP contribution >= 0.6 is 0 Å². The summed E-state index contributed by atoms with van der Waals surface area (Å²) in [6.07, 6.45) is 3.27. The number of aryl methyl sites for hydroxylation is 1. The Morgan fingerprint density at radius 3 is 2.81 bits per heavy atom. The van der Waals surface area contributed by atoms with E-state index in [0.29, 0.717) is 32.6 Å². The maximum absolute atomic E-state index is 13.0. The summed E-state index contributed by atoms with van der Waals surface area (Å²) < 4.78 is 8.89. The molecule has 1 amide bonds. The molecular formula is C23H24N4O5. The van der Waals surface area contributed by atoms with Crippen LogP contribution in [-0.2, 0) is 17.9 Å². The topological polar surface area (TPSA) is 99.6 Å². The number of methoxy groups -OCH3 is 1. The van der Waals surface area contributed by atoms with Gasteiger partial charge in [-0.25, -0.2) is 0 Å². The molecule has 4 heterocycles. The van der Waals surface area contributed by atoms with Crippen LogP contribution in [-0.4, -0.2) is 45.1 Å². The first-order valence-electron chi connectivity index (χ1n) is 10.7. The molecule has 1 fully saturated rings. The van der Waals surface area contributed by atoms with Crippen molar-refractivity contribution in [1.82, 2.24) is 14.0 Å². The second-order valence-electron chi connectivity index (χ2n) is 8.60. The molecule has 2 aliphatic heterocycles. The molecule has 2 aliphatic rings. The number of hydrogen-bond donors (Lipinski definition) is 0. The quantitative estimate of drug-likeness (QED) is 0.452. The van der Waals surface area contributed by atoms with Crippen molar-refractivity contribution in [3.8, 4) is 5.75 Å². The Morgan fingerprint density at radius 1 is 1.19 bits per heavy atom. The van der Waals surface area contributed by atoms with Crippen molar-refractivity contribution in [2.45, 2.75) is 31.8 Å². The lowest BCUT2D eigenvalue weighted by molar-refractivity contribution is -0.386. The molecule has 9 nitrogen and oxygen atoms in total. The SMILES string of the molecule is COc1ccc2c(ccn2CCC(=O)N2CC3C[C@@H](C2)c2ccc([N+](=O)[O-])c(=O)n2C3)c1. The number of nitro groups is 1. The van der Waals surface area contributed by atoms with E-state index in [2.05, 4.69) is 4.57 Å². The Hall–Kier alpha value is -3.62. The summed E-state index contributed by atoms with van der Waals surface area (Å²) in [7, 11) is 1.64. The van der Waals surface area contributed by atoms with Gasteiger partial charge in [0, 0.05) is 67.4 Å². The zero-order valence-corrected chi connectivity index (χ0v) is 17.8. The van der Waals surface area contributed by atoms with Gasteiger partial charge in [-0.05, 0) is 42.7 Å². The monoisotopic (exact) mass is 436 g/mol. The van der Waals surface area contributed by atoms with Crippen LogP contribution in [0.2, 0.25) is 0 Å². The summed E-state index contributed by atoms with van der Waals surface area (Å²) in [6.45, 7) is 2.12. The number of pyridine rings is 1. The lowest BCUT2D eigenvalue weighted by Gasteiger charge is -2.42. The Balaban J connectivity index is 1.29. The maximum atomic E-state index is 13.0. The smallest absolute Gasteiger partial charge is 0.334 e. The van der Waals surface area contributed by atoms with Crippen molar-refractivity contribution in [2.24, 2.45) is 5.92 Å². The maximum Gasteiger partial charge on any atom is 0.334 e. The number of nitrogens with zero attached hydrogens (tertiary/aromatic N) is 4. The fourth-order valence-electron chi connectivity index (χ4n) is 5.15. The minimum atomic E-state index is -0.628. The second kappa shape index (κ2) is 7.81. The van der Waals surface area contributed by atoms with Gasteiger partial charge < -0.3 is 18.8 Å². The number of rotatable bonds is 5. The Kier molecular flexibility index (Phi) is 4.96. The zero-order chi connectivity index (χ0) is 22.4. The van der Waals surface area contributed by atoms with Gasteiger partial charge in [-0.1, -0.05) is 0 Å². The molecule has 1 aromatic carbocycles. The van der Waals surface area contributed by atoms with Crippen molar-refractivity contribution in [1.29, 1.82) is 0 Å². The highest BCUT2D eigenvalue weighted by molar-refractivity contribution is 5.82. The van der Waals surface area contributed by atoms with Gasteiger partial charge in [-0.3, -0.25) is 19.7 Å². The second-order valence-corrected chi connectivity index (χ2v) is 8.60. The number of hydrogen-bond acceptors (Lipinski definition) is 5. The molecule has 9 heteroatoms. The number of carbonyl (C=O) groups is 1. The molecule has 3 aromatic rings. The summed E-state index contributed by atoms with van der Waals surface area (Å²) in [6, 6.07) is 10.9. The van der Waals surface area contributed by atoms with E-state index in [-0.39, 0.29) is 17.7 Å². The highest BCUT2D eigenvalue weighted by Crippen LogP contribution is 2.36. The third-order valence-corrected chi connectivity index (χ3v) is 6.68. The van der Waals surface area contributed by atoms with Gasteiger partial charge >= 0.3 is 11.2 Å². The van der Waals surface area contributed by atoms with Crippen LogP contribution in [0.5, 0.6) is 5.75 Å². The molecule has 0 aliphatic carbocycles. The van der Waals surface area contributed by atoms with Gasteiger partial charge in [-0.2, -0.15) is 0 Å². The molecule has 2 aromatic heterocycles. The molecular weight excluding hydrogens is 412 g/mol. The predicted molar refractivity (Wildman–Crippen MR) is 118 cm³/mol. The molecule has 0 spiro atoms. The number of amides is 1. The summed E-state index contributed by atoms with van der Waals surface area (Å²) in [4.78, 5) is 37.9. The van der Waals surface area contributed by atoms with E-state index < -0.39 is 16.2 Å². The van der Waals surface area contributed by atoms with E-state index in [4.69, 9.17) is 4.74 Å². The van der Waals surface area contributed by atoms with Crippen LogP contribution in [0.4, 0.5) is 5.69 Å². The number of piperidine rings is 1. The summed E-state index contributed by atoms with van der Waals surface area (Å²) in [5.41, 5.74) is 0.917. The van der Waals surface area contributed by atoms with Crippen LogP contribution in [0.25, 0.3) is 10.9 Å². The van der Waals surface area contributed by atoms with Crippen molar-refractivity contribution < 1.29 is 14.5 Å². The van der Waals surface area contributed by atoms with Crippen LogP contribution in [0, 0.1) is 16.0 Å². The van der Waals surface area contributed by atoms with Gasteiger partial charge in [0.15, 0.2) is 0 Å². The normalized spacial score (nSPS) is 19.6. The van der Waals surface area contributed by atoms with Gasteiger partial charge in [0.1, 0.15) is 5.75 Å². The molecule has 0 radical (unpaired) electrons. The molecule has 5 rings (SSSR count). The van der Waals surface area contributed by atoms with Crippen molar-refractivity contribution in [2.75, 3.05) is 20.2 Å². The number of aromatic nitrogens is 2. The Labute approximate surface area is 184 Å². The van der Waals surface area contributed by atoms with Crippen molar-refractivity contribution in [3.63, 3.8) is 0 Å². The van der Waals surface area contributed by atoms with Crippen LogP contribution < -0.4 is 10.3 Å². The standard InChI is InChI=1S/C23H24N4O5/c1-32-18-2-3-19-16(11-18)6-8-24(19)9-7-22(28)25-12-15-10-17(14-25)20-4-5-21(27(30)31)23(29)26(20)13-15/h2-6,8,11,15,17H,7,9-10,12-14H2,1H3/t15?,17-/m0/s1. The molecule has 2 bridgehead atoms. The van der Waals surface area contributed by atoms with Crippen molar-refractivity contribution >= 4 is 22.5 Å². The number of fused-ring (bicyclic) bond motifs is 5. The lowest BCUT2D eigenvalue weighted by Crippen LogP contribution is -2.49. The van der Waals surface area contributed by atoms with E-state index in [1.807, 2.05) is 35.4 Å². The summed E-state index contributed by atoms with van der Waals surface area (Å²) in [5.74, 6) is 1.05. The van der Waals surface area contributed by atoms with Crippen molar-refractivity contribution in [3.05, 3.63) is 68.8 Å². The Bertz CT molecular complexity index is 1280. The molecule has 0 N–H and O–H groups in total. The van der Waals surface area contributed by atoms with Gasteiger partial charge in [0.05, 0.1) is 12.0 Å². The molecule has 1 unspecified atom stereocenters. The van der Waals surface area contributed by atoms with E-state index in [1.165, 1.54) is 6.07 Å². The number of likely N-dealkylation sites (tertiary alicyclic amines) is 1. The van der Waals surface area contributed by atoms with E-state index in [0.717, 1.165) is 28.8 Å². The minimum absolute atomic E-state index is 0.0276. The highest BCUT2D eigenvalue weighted by atomic mass is 16.6. The van der Waals surface area contributed by atoms with E-state index >= 15 is 0 Å². The molecule has 32 heavy (non-hydrogen) atoms. The van der Waals surface area contributed by atoms with Gasteiger partial charge in [0.25, 0.3) is 0 Å². The summed E-state index contributed by atoms with van der Waals surface area (Å²) in [5, 5.41) is 12.2. The van der Waals surface area contributed by atoms with Gasteiger partial charge in [0.2, 0.25) is 5.91 Å². The average Bonchev–Trinajstić information content (AvgIpc) is 3.19. The molecule has 1 saturated heterocycles. The number of benzene rings is 1. The lowest BCUT2D eigenvalue weighted by atomic mass is 9.83. The number of carbonyl (C=O) groups excluding carboxylic acids is 1. The predicted octanol–water partition coefficient (Wildman–Crippen LogP) is 2.76. The minimum Gasteiger partial charge on any atom is -0.497 e. The average molecular weight is 436 g/mol. The first-order valence-corrected chi connectivity index (χ1v) is 10.7. The third kappa shape index (κ3) is 3.43. The Morgan fingerprint density at radius 2 is 2.03 bits per heavy atom. The molecule has 0 saturated carbocycles. The zero-order valence-electron chi connectivity index (χ0n) is 17.8. The van der Waals surface area contributed by atoms with Crippen LogP contribution in [0.3, 0.4) is 0 Å². The fourth-order valence-corrected chi connectivity index (χ4v) is 5.15. The van der Waals surface area contributed by atoms with Gasteiger partial charge in [-0.15, -0.1) is 0 Å². The number of ether oxygens (including phenoxy) is 1.